The van der Waals surface area contributed by atoms with Crippen molar-refractivity contribution in [2.75, 3.05) is 0 Å². The standard InChI is InChI=1S/C22H16F4N2/c1-11-12(2)21-19(10-13(11)9-14-15(23)5-3-6-16(14)24)27-22(28-21)20-17(25)7-4-8-18(20)26/h3-8,10H,9H2,1-2H3,(H,27,28). The van der Waals surface area contributed by atoms with Crippen LogP contribution in [0.2, 0.25) is 0 Å². The van der Waals surface area contributed by atoms with Crippen LogP contribution in [0.25, 0.3) is 22.4 Å². The molecule has 4 rings (SSSR count). The van der Waals surface area contributed by atoms with Crippen LogP contribution < -0.4 is 0 Å². The van der Waals surface area contributed by atoms with Gasteiger partial charge in [-0.3, -0.25) is 0 Å². The number of fused-ring (bicyclic) bond motifs is 1. The summed E-state index contributed by atoms with van der Waals surface area (Å²) in [6.45, 7) is 3.65. The van der Waals surface area contributed by atoms with Crippen LogP contribution in [-0.2, 0) is 6.42 Å². The number of halogens is 4. The number of benzene rings is 3. The van der Waals surface area contributed by atoms with Crippen molar-refractivity contribution in [1.29, 1.82) is 0 Å². The van der Waals surface area contributed by atoms with Gasteiger partial charge in [0.25, 0.3) is 0 Å². The summed E-state index contributed by atoms with van der Waals surface area (Å²) >= 11 is 0. The van der Waals surface area contributed by atoms with E-state index < -0.39 is 23.3 Å². The molecule has 0 atom stereocenters. The zero-order valence-electron chi connectivity index (χ0n) is 15.2. The average Bonchev–Trinajstić information content (AvgIpc) is 3.06. The molecule has 0 unspecified atom stereocenters. The van der Waals surface area contributed by atoms with E-state index in [1.165, 1.54) is 24.3 Å². The summed E-state index contributed by atoms with van der Waals surface area (Å²) < 4.78 is 56.3. The molecule has 0 aliphatic rings. The predicted octanol–water partition coefficient (Wildman–Crippen LogP) is 5.99. The molecule has 0 aliphatic heterocycles. The second-order valence-electron chi connectivity index (χ2n) is 6.74. The summed E-state index contributed by atoms with van der Waals surface area (Å²) in [7, 11) is 0. The molecule has 3 aromatic carbocycles. The summed E-state index contributed by atoms with van der Waals surface area (Å²) in [6, 6.07) is 9.08. The molecule has 0 spiro atoms. The van der Waals surface area contributed by atoms with Gasteiger partial charge < -0.3 is 4.98 Å². The van der Waals surface area contributed by atoms with Crippen molar-refractivity contribution in [3.63, 3.8) is 0 Å². The number of H-pyrrole nitrogens is 1. The Labute approximate surface area is 158 Å². The van der Waals surface area contributed by atoms with E-state index in [0.29, 0.717) is 16.6 Å². The monoisotopic (exact) mass is 384 g/mol. The summed E-state index contributed by atoms with van der Waals surface area (Å²) in [6.07, 6.45) is 0.0591. The number of nitrogens with one attached hydrogen (secondary N) is 1. The Morgan fingerprint density at radius 2 is 1.39 bits per heavy atom. The van der Waals surface area contributed by atoms with Gasteiger partial charge in [-0.1, -0.05) is 12.1 Å². The van der Waals surface area contributed by atoms with E-state index in [0.717, 1.165) is 23.3 Å². The fraction of sp³-hybridized carbons (Fsp3) is 0.136. The van der Waals surface area contributed by atoms with E-state index in [-0.39, 0.29) is 23.4 Å². The van der Waals surface area contributed by atoms with E-state index in [9.17, 15) is 17.6 Å². The van der Waals surface area contributed by atoms with Crippen molar-refractivity contribution in [2.45, 2.75) is 20.3 Å². The smallest absolute Gasteiger partial charge is 0.144 e. The molecule has 1 N–H and O–H groups in total. The highest BCUT2D eigenvalue weighted by atomic mass is 19.1. The second kappa shape index (κ2) is 6.78. The lowest BCUT2D eigenvalue weighted by atomic mass is 9.95. The van der Waals surface area contributed by atoms with Gasteiger partial charge in [-0.15, -0.1) is 0 Å². The minimum atomic E-state index is -0.720. The van der Waals surface area contributed by atoms with Gasteiger partial charge in [-0.2, -0.15) is 0 Å². The first-order valence-corrected chi connectivity index (χ1v) is 8.73. The molecule has 142 valence electrons. The van der Waals surface area contributed by atoms with Crippen LogP contribution in [0.3, 0.4) is 0 Å². The molecule has 28 heavy (non-hydrogen) atoms. The molecule has 1 heterocycles. The van der Waals surface area contributed by atoms with Gasteiger partial charge >= 0.3 is 0 Å². The number of aromatic nitrogens is 2. The summed E-state index contributed by atoms with van der Waals surface area (Å²) in [4.78, 5) is 7.30. The van der Waals surface area contributed by atoms with Gasteiger partial charge in [-0.25, -0.2) is 22.5 Å². The van der Waals surface area contributed by atoms with Crippen molar-refractivity contribution in [3.05, 3.63) is 88.0 Å². The van der Waals surface area contributed by atoms with Gasteiger partial charge in [0.2, 0.25) is 0 Å². The quantitative estimate of drug-likeness (QED) is 0.432. The highest BCUT2D eigenvalue weighted by Gasteiger charge is 2.18. The molecule has 0 saturated heterocycles. The molecule has 0 radical (unpaired) electrons. The minimum absolute atomic E-state index is 0.0239. The van der Waals surface area contributed by atoms with Crippen LogP contribution in [-0.4, -0.2) is 9.97 Å². The lowest BCUT2D eigenvalue weighted by Gasteiger charge is -2.11. The fourth-order valence-electron chi connectivity index (χ4n) is 3.40. The van der Waals surface area contributed by atoms with E-state index in [1.807, 2.05) is 13.8 Å². The number of aromatic amines is 1. The largest absolute Gasteiger partial charge is 0.338 e. The highest BCUT2D eigenvalue weighted by Crippen LogP contribution is 2.31. The second-order valence-corrected chi connectivity index (χ2v) is 6.74. The van der Waals surface area contributed by atoms with Crippen LogP contribution in [0, 0.1) is 37.1 Å². The Morgan fingerprint density at radius 3 is 2.00 bits per heavy atom. The van der Waals surface area contributed by atoms with Crippen LogP contribution >= 0.6 is 0 Å². The molecule has 0 bridgehead atoms. The van der Waals surface area contributed by atoms with E-state index in [2.05, 4.69) is 9.97 Å². The first-order valence-electron chi connectivity index (χ1n) is 8.73. The SMILES string of the molecule is Cc1c(Cc2c(F)cccc2F)cc2[nH]c(-c3c(F)cccc3F)nc2c1C. The zero-order valence-corrected chi connectivity index (χ0v) is 15.2. The highest BCUT2D eigenvalue weighted by molar-refractivity contribution is 5.84. The molecule has 0 fully saturated rings. The van der Waals surface area contributed by atoms with Crippen LogP contribution in [0.15, 0.2) is 42.5 Å². The van der Waals surface area contributed by atoms with Crippen LogP contribution in [0.1, 0.15) is 22.3 Å². The van der Waals surface area contributed by atoms with Gasteiger partial charge in [0.05, 0.1) is 16.6 Å². The summed E-state index contributed by atoms with van der Waals surface area (Å²) in [5.74, 6) is -2.60. The molecule has 6 heteroatoms. The lowest BCUT2D eigenvalue weighted by Crippen LogP contribution is -2.00. The Hall–Kier alpha value is -3.15. The van der Waals surface area contributed by atoms with E-state index in [4.69, 9.17) is 0 Å². The molecule has 0 aliphatic carbocycles. The summed E-state index contributed by atoms with van der Waals surface area (Å²) in [5.41, 5.74) is 3.16. The van der Waals surface area contributed by atoms with Crippen LogP contribution in [0.4, 0.5) is 17.6 Å². The van der Waals surface area contributed by atoms with Crippen molar-refractivity contribution in [1.82, 2.24) is 9.97 Å². The number of imidazole rings is 1. The molecule has 0 saturated carbocycles. The Kier molecular flexibility index (Phi) is 4.41. The Balaban J connectivity index is 1.86. The molecule has 1 aromatic heterocycles. The van der Waals surface area contributed by atoms with Crippen molar-refractivity contribution >= 4 is 11.0 Å². The Morgan fingerprint density at radius 1 is 0.821 bits per heavy atom. The normalized spacial score (nSPS) is 11.4. The number of aryl methyl sites for hydroxylation is 1. The third-order valence-electron chi connectivity index (χ3n) is 5.08. The third-order valence-corrected chi connectivity index (χ3v) is 5.08. The number of nitrogens with zero attached hydrogens (tertiary/aromatic N) is 1. The number of hydrogen-bond acceptors (Lipinski definition) is 1. The summed E-state index contributed by atoms with van der Waals surface area (Å²) in [5, 5.41) is 0. The predicted molar refractivity (Wildman–Crippen MR) is 100 cm³/mol. The maximum atomic E-state index is 14.1. The zero-order chi connectivity index (χ0) is 20.0. The van der Waals surface area contributed by atoms with Crippen molar-refractivity contribution < 1.29 is 17.6 Å². The van der Waals surface area contributed by atoms with Gasteiger partial charge in [-0.05, 0) is 60.9 Å². The Bertz CT molecular complexity index is 1170. The lowest BCUT2D eigenvalue weighted by molar-refractivity contribution is 0.561. The average molecular weight is 384 g/mol. The first-order chi connectivity index (χ1) is 13.4. The molecular formula is C22H16F4N2. The van der Waals surface area contributed by atoms with Crippen LogP contribution in [0.5, 0.6) is 0 Å². The van der Waals surface area contributed by atoms with Crippen molar-refractivity contribution in [3.8, 4) is 11.4 Å². The van der Waals surface area contributed by atoms with Gasteiger partial charge in [0.1, 0.15) is 29.1 Å². The molecule has 2 nitrogen and oxygen atoms in total. The van der Waals surface area contributed by atoms with Gasteiger partial charge in [0, 0.05) is 12.0 Å². The minimum Gasteiger partial charge on any atom is -0.338 e. The first kappa shape index (κ1) is 18.2. The maximum Gasteiger partial charge on any atom is 0.144 e. The van der Waals surface area contributed by atoms with E-state index in [1.54, 1.807) is 6.07 Å². The molecule has 0 amide bonds. The number of hydrogen-bond donors (Lipinski definition) is 1. The molecule has 4 aromatic rings. The third kappa shape index (κ3) is 2.95. The maximum absolute atomic E-state index is 14.1. The number of rotatable bonds is 3. The van der Waals surface area contributed by atoms with Crippen molar-refractivity contribution in [2.24, 2.45) is 0 Å². The van der Waals surface area contributed by atoms with Gasteiger partial charge in [0.15, 0.2) is 0 Å². The van der Waals surface area contributed by atoms with E-state index >= 15 is 0 Å². The molecular weight excluding hydrogens is 368 g/mol. The topological polar surface area (TPSA) is 28.7 Å². The fourth-order valence-corrected chi connectivity index (χ4v) is 3.40.